The highest BCUT2D eigenvalue weighted by Crippen LogP contribution is 2.22. The monoisotopic (exact) mass is 472 g/mol. The van der Waals surface area contributed by atoms with Crippen molar-refractivity contribution < 1.29 is 8.42 Å². The van der Waals surface area contributed by atoms with Crippen LogP contribution in [-0.2, 0) is 10.0 Å². The summed E-state index contributed by atoms with van der Waals surface area (Å²) in [6.45, 7) is 3.57. The lowest BCUT2D eigenvalue weighted by molar-refractivity contribution is 0.601. The van der Waals surface area contributed by atoms with Crippen molar-refractivity contribution in [3.8, 4) is 0 Å². The summed E-state index contributed by atoms with van der Waals surface area (Å²) in [5.74, 6) is 0.851. The third-order valence-electron chi connectivity index (χ3n) is 4.85. The molecule has 2 aromatic carbocycles. The van der Waals surface area contributed by atoms with Gasteiger partial charge in [0.15, 0.2) is 0 Å². The van der Waals surface area contributed by atoms with Crippen molar-refractivity contribution in [1.82, 2.24) is 4.98 Å². The number of pyridine rings is 1. The van der Waals surface area contributed by atoms with Crippen LogP contribution in [0, 0.1) is 0 Å². The van der Waals surface area contributed by atoms with Crippen LogP contribution in [0.1, 0.15) is 0 Å². The first kappa shape index (κ1) is 19.7. The first-order chi connectivity index (χ1) is 14.0. The Hall–Kier alpha value is -2.58. The van der Waals surface area contributed by atoms with E-state index in [4.69, 9.17) is 0 Å². The molecule has 1 aliphatic heterocycles. The quantitative estimate of drug-likeness (QED) is 0.608. The van der Waals surface area contributed by atoms with Gasteiger partial charge < -0.3 is 9.80 Å². The van der Waals surface area contributed by atoms with Crippen molar-refractivity contribution in [2.24, 2.45) is 0 Å². The van der Waals surface area contributed by atoms with Crippen molar-refractivity contribution in [3.05, 3.63) is 77.4 Å². The average molecular weight is 473 g/mol. The van der Waals surface area contributed by atoms with Crippen LogP contribution in [0.15, 0.2) is 82.3 Å². The second kappa shape index (κ2) is 8.42. The van der Waals surface area contributed by atoms with Crippen molar-refractivity contribution in [1.29, 1.82) is 0 Å². The van der Waals surface area contributed by atoms with Gasteiger partial charge in [0.05, 0.1) is 16.8 Å². The maximum Gasteiger partial charge on any atom is 0.261 e. The fourth-order valence-corrected chi connectivity index (χ4v) is 4.60. The number of hydrogen-bond donors (Lipinski definition) is 1. The predicted molar refractivity (Wildman–Crippen MR) is 120 cm³/mol. The Bertz CT molecular complexity index is 1050. The van der Waals surface area contributed by atoms with E-state index in [0.717, 1.165) is 36.5 Å². The molecule has 4 rings (SSSR count). The van der Waals surface area contributed by atoms with Crippen molar-refractivity contribution in [2.45, 2.75) is 4.90 Å². The van der Waals surface area contributed by atoms with Crippen LogP contribution in [0.3, 0.4) is 0 Å². The summed E-state index contributed by atoms with van der Waals surface area (Å²) in [5, 5.41) is 0. The summed E-state index contributed by atoms with van der Waals surface area (Å²) in [4.78, 5) is 9.25. The van der Waals surface area contributed by atoms with Crippen molar-refractivity contribution >= 4 is 43.1 Å². The zero-order chi connectivity index (χ0) is 20.3. The Balaban J connectivity index is 1.39. The molecular weight excluding hydrogens is 452 g/mol. The number of nitrogens with one attached hydrogen (secondary N) is 1. The Morgan fingerprint density at radius 2 is 1.48 bits per heavy atom. The SMILES string of the molecule is O=S(=O)(Nc1ccc(N2CCN(c3ccccc3)CC2)nc1)c1ccc(Br)cc1. The van der Waals surface area contributed by atoms with Crippen LogP contribution in [0.4, 0.5) is 17.2 Å². The van der Waals surface area contributed by atoms with Gasteiger partial charge in [-0.15, -0.1) is 0 Å². The Kier molecular flexibility index (Phi) is 5.73. The molecule has 1 saturated heterocycles. The van der Waals surface area contributed by atoms with Gasteiger partial charge in [0.25, 0.3) is 10.0 Å². The first-order valence-corrected chi connectivity index (χ1v) is 11.6. The highest BCUT2D eigenvalue weighted by atomic mass is 79.9. The molecule has 150 valence electrons. The molecule has 1 N–H and O–H groups in total. The van der Waals surface area contributed by atoms with Crippen LogP contribution >= 0.6 is 15.9 Å². The summed E-state index contributed by atoms with van der Waals surface area (Å²) >= 11 is 3.31. The summed E-state index contributed by atoms with van der Waals surface area (Å²) < 4.78 is 28.4. The summed E-state index contributed by atoms with van der Waals surface area (Å²) in [6, 6.07) is 20.5. The Labute approximate surface area is 179 Å². The molecule has 29 heavy (non-hydrogen) atoms. The van der Waals surface area contributed by atoms with Crippen LogP contribution in [0.2, 0.25) is 0 Å². The molecule has 2 heterocycles. The minimum atomic E-state index is -3.64. The maximum atomic E-state index is 12.5. The second-order valence-corrected chi connectivity index (χ2v) is 9.37. The summed E-state index contributed by atoms with van der Waals surface area (Å²) in [6.07, 6.45) is 1.56. The standard InChI is InChI=1S/C21H21BrN4O2S/c22-17-6-9-20(10-7-17)29(27,28)24-18-8-11-21(23-16-18)26-14-12-25(13-15-26)19-4-2-1-3-5-19/h1-11,16,24H,12-15H2. The van der Waals surface area contributed by atoms with Gasteiger partial charge >= 0.3 is 0 Å². The number of aromatic nitrogens is 1. The van der Waals surface area contributed by atoms with E-state index in [2.05, 4.69) is 59.7 Å². The predicted octanol–water partition coefficient (Wildman–Crippen LogP) is 3.97. The first-order valence-electron chi connectivity index (χ1n) is 9.31. The van der Waals surface area contributed by atoms with E-state index in [-0.39, 0.29) is 4.90 Å². The normalized spacial score (nSPS) is 14.7. The van der Waals surface area contributed by atoms with E-state index in [1.165, 1.54) is 5.69 Å². The van der Waals surface area contributed by atoms with Crippen LogP contribution < -0.4 is 14.5 Å². The number of rotatable bonds is 5. The van der Waals surface area contributed by atoms with Crippen molar-refractivity contribution in [3.63, 3.8) is 0 Å². The molecule has 0 unspecified atom stereocenters. The van der Waals surface area contributed by atoms with E-state index < -0.39 is 10.0 Å². The number of para-hydroxylation sites is 1. The average Bonchev–Trinajstić information content (AvgIpc) is 2.75. The molecule has 1 fully saturated rings. The van der Waals surface area contributed by atoms with Gasteiger partial charge in [-0.3, -0.25) is 4.72 Å². The maximum absolute atomic E-state index is 12.5. The van der Waals surface area contributed by atoms with E-state index in [9.17, 15) is 8.42 Å². The minimum Gasteiger partial charge on any atom is -0.368 e. The van der Waals surface area contributed by atoms with Gasteiger partial charge in [0, 0.05) is 36.3 Å². The number of nitrogens with zero attached hydrogens (tertiary/aromatic N) is 3. The molecule has 0 amide bonds. The van der Waals surface area contributed by atoms with E-state index in [1.807, 2.05) is 12.1 Å². The van der Waals surface area contributed by atoms with Gasteiger partial charge in [0.1, 0.15) is 5.82 Å². The zero-order valence-electron chi connectivity index (χ0n) is 15.7. The van der Waals surface area contributed by atoms with Gasteiger partial charge in [0.2, 0.25) is 0 Å². The van der Waals surface area contributed by atoms with Crippen molar-refractivity contribution in [2.75, 3.05) is 40.7 Å². The zero-order valence-corrected chi connectivity index (χ0v) is 18.1. The molecule has 1 aliphatic rings. The molecule has 1 aromatic heterocycles. The molecule has 0 saturated carbocycles. The number of sulfonamides is 1. The lowest BCUT2D eigenvalue weighted by Crippen LogP contribution is -2.46. The molecule has 3 aromatic rings. The lowest BCUT2D eigenvalue weighted by atomic mass is 10.2. The third kappa shape index (κ3) is 4.71. The van der Waals surface area contributed by atoms with E-state index >= 15 is 0 Å². The minimum absolute atomic E-state index is 0.210. The number of benzene rings is 2. The second-order valence-electron chi connectivity index (χ2n) is 6.77. The molecule has 0 atom stereocenters. The number of hydrogen-bond acceptors (Lipinski definition) is 5. The van der Waals surface area contributed by atoms with E-state index in [1.54, 1.807) is 36.5 Å². The number of anilines is 3. The Morgan fingerprint density at radius 1 is 0.828 bits per heavy atom. The molecule has 0 aliphatic carbocycles. The number of halogens is 1. The van der Waals surface area contributed by atoms with Gasteiger partial charge in [-0.2, -0.15) is 0 Å². The van der Waals surface area contributed by atoms with E-state index in [0.29, 0.717) is 5.69 Å². The smallest absolute Gasteiger partial charge is 0.261 e. The van der Waals surface area contributed by atoms with Gasteiger partial charge in [-0.25, -0.2) is 13.4 Å². The van der Waals surface area contributed by atoms with Gasteiger partial charge in [-0.05, 0) is 48.5 Å². The lowest BCUT2D eigenvalue weighted by Gasteiger charge is -2.36. The molecule has 6 nitrogen and oxygen atoms in total. The third-order valence-corrected chi connectivity index (χ3v) is 6.77. The fraction of sp³-hybridized carbons (Fsp3) is 0.190. The van der Waals surface area contributed by atoms with Crippen LogP contribution in [0.25, 0.3) is 0 Å². The molecule has 0 bridgehead atoms. The molecule has 0 radical (unpaired) electrons. The molecular formula is C21H21BrN4O2S. The Morgan fingerprint density at radius 3 is 2.10 bits per heavy atom. The highest BCUT2D eigenvalue weighted by molar-refractivity contribution is 9.10. The molecule has 0 spiro atoms. The fourth-order valence-electron chi connectivity index (χ4n) is 3.29. The largest absolute Gasteiger partial charge is 0.368 e. The highest BCUT2D eigenvalue weighted by Gasteiger charge is 2.19. The summed E-state index contributed by atoms with van der Waals surface area (Å²) in [5.41, 5.74) is 1.68. The summed E-state index contributed by atoms with van der Waals surface area (Å²) in [7, 11) is -3.64. The molecule has 8 heteroatoms. The van der Waals surface area contributed by atoms with Gasteiger partial charge in [-0.1, -0.05) is 34.1 Å². The topological polar surface area (TPSA) is 65.5 Å². The van der Waals surface area contributed by atoms with Crippen LogP contribution in [-0.4, -0.2) is 39.6 Å². The van der Waals surface area contributed by atoms with Crippen LogP contribution in [0.5, 0.6) is 0 Å². The number of piperazine rings is 1.